The van der Waals surface area contributed by atoms with E-state index in [9.17, 15) is 4.79 Å². The van der Waals surface area contributed by atoms with Gasteiger partial charge < -0.3 is 5.32 Å². The standard InChI is InChI=1S/C17H15N3OS2/c1-22-14-4-2-12(3-5-14)10-16(21)20-17-19-15(11-23-17)13-6-8-18-9-7-13/h2-9,11H,10H2,1H3,(H,19,20,21). The highest BCUT2D eigenvalue weighted by Crippen LogP contribution is 2.24. The zero-order chi connectivity index (χ0) is 16.1. The van der Waals surface area contributed by atoms with Crippen LogP contribution in [0.5, 0.6) is 0 Å². The highest BCUT2D eigenvalue weighted by atomic mass is 32.2. The molecule has 1 amide bonds. The largest absolute Gasteiger partial charge is 0.302 e. The minimum Gasteiger partial charge on any atom is -0.302 e. The lowest BCUT2D eigenvalue weighted by Crippen LogP contribution is -2.14. The molecule has 0 saturated carbocycles. The summed E-state index contributed by atoms with van der Waals surface area (Å²) in [7, 11) is 0. The number of aromatic nitrogens is 2. The molecule has 0 aliphatic heterocycles. The van der Waals surface area contributed by atoms with Gasteiger partial charge in [-0.2, -0.15) is 0 Å². The first-order valence-corrected chi connectivity index (χ1v) is 9.14. The molecule has 0 atom stereocenters. The first-order valence-electron chi connectivity index (χ1n) is 7.03. The van der Waals surface area contributed by atoms with Gasteiger partial charge in [-0.3, -0.25) is 9.78 Å². The third-order valence-corrected chi connectivity index (χ3v) is 4.75. The number of pyridine rings is 1. The molecule has 0 aliphatic carbocycles. The van der Waals surface area contributed by atoms with Gasteiger partial charge in [0.25, 0.3) is 0 Å². The fourth-order valence-corrected chi connectivity index (χ4v) is 3.22. The Hall–Kier alpha value is -2.18. The summed E-state index contributed by atoms with van der Waals surface area (Å²) in [6.45, 7) is 0. The maximum Gasteiger partial charge on any atom is 0.230 e. The van der Waals surface area contributed by atoms with E-state index >= 15 is 0 Å². The van der Waals surface area contributed by atoms with Crippen LogP contribution in [0.1, 0.15) is 5.56 Å². The number of carbonyl (C=O) groups excluding carboxylic acids is 1. The maximum atomic E-state index is 12.1. The van der Waals surface area contributed by atoms with Crippen LogP contribution in [0.4, 0.5) is 5.13 Å². The molecule has 0 radical (unpaired) electrons. The highest BCUT2D eigenvalue weighted by molar-refractivity contribution is 7.98. The Morgan fingerprint density at radius 2 is 1.91 bits per heavy atom. The van der Waals surface area contributed by atoms with E-state index in [2.05, 4.69) is 15.3 Å². The fraction of sp³-hybridized carbons (Fsp3) is 0.118. The maximum absolute atomic E-state index is 12.1. The van der Waals surface area contributed by atoms with E-state index in [1.165, 1.54) is 16.2 Å². The molecule has 1 N–H and O–H groups in total. The second kappa shape index (κ2) is 7.39. The van der Waals surface area contributed by atoms with E-state index in [0.29, 0.717) is 11.6 Å². The van der Waals surface area contributed by atoms with E-state index < -0.39 is 0 Å². The minimum absolute atomic E-state index is 0.0578. The number of benzene rings is 1. The number of carbonyl (C=O) groups is 1. The molecule has 0 unspecified atom stereocenters. The van der Waals surface area contributed by atoms with E-state index in [0.717, 1.165) is 16.8 Å². The normalized spacial score (nSPS) is 10.5. The SMILES string of the molecule is CSc1ccc(CC(=O)Nc2nc(-c3ccncc3)cs2)cc1. The first-order chi connectivity index (χ1) is 11.2. The monoisotopic (exact) mass is 341 g/mol. The summed E-state index contributed by atoms with van der Waals surface area (Å²) in [5.74, 6) is -0.0578. The van der Waals surface area contributed by atoms with E-state index in [1.807, 2.05) is 48.0 Å². The van der Waals surface area contributed by atoms with E-state index in [4.69, 9.17) is 0 Å². The summed E-state index contributed by atoms with van der Waals surface area (Å²) in [5.41, 5.74) is 2.83. The smallest absolute Gasteiger partial charge is 0.230 e. The summed E-state index contributed by atoms with van der Waals surface area (Å²) >= 11 is 3.11. The van der Waals surface area contributed by atoms with Gasteiger partial charge in [-0.1, -0.05) is 12.1 Å². The topological polar surface area (TPSA) is 54.9 Å². The summed E-state index contributed by atoms with van der Waals surface area (Å²) in [6.07, 6.45) is 5.83. The highest BCUT2D eigenvalue weighted by Gasteiger charge is 2.09. The molecule has 116 valence electrons. The van der Waals surface area contributed by atoms with Gasteiger partial charge >= 0.3 is 0 Å². The Bertz CT molecular complexity index is 785. The third kappa shape index (κ3) is 4.18. The van der Waals surface area contributed by atoms with Crippen molar-refractivity contribution in [3.8, 4) is 11.3 Å². The van der Waals surface area contributed by atoms with Gasteiger partial charge in [-0.25, -0.2) is 4.98 Å². The molecule has 2 aromatic heterocycles. The third-order valence-electron chi connectivity index (χ3n) is 3.25. The summed E-state index contributed by atoms with van der Waals surface area (Å²) < 4.78 is 0. The summed E-state index contributed by atoms with van der Waals surface area (Å²) in [6, 6.07) is 11.8. The van der Waals surface area contributed by atoms with Crippen LogP contribution >= 0.6 is 23.1 Å². The van der Waals surface area contributed by atoms with Gasteiger partial charge in [0.15, 0.2) is 5.13 Å². The first kappa shape index (κ1) is 15.7. The van der Waals surface area contributed by atoms with Gasteiger partial charge in [-0.05, 0) is 36.1 Å². The second-order valence-corrected chi connectivity index (χ2v) is 6.58. The van der Waals surface area contributed by atoms with Crippen LogP contribution in [0.25, 0.3) is 11.3 Å². The number of thiazole rings is 1. The number of nitrogens with one attached hydrogen (secondary N) is 1. The average molecular weight is 341 g/mol. The van der Waals surface area contributed by atoms with Crippen molar-refractivity contribution in [1.29, 1.82) is 0 Å². The van der Waals surface area contributed by atoms with Gasteiger partial charge in [0.2, 0.25) is 5.91 Å². The number of hydrogen-bond acceptors (Lipinski definition) is 5. The predicted molar refractivity (Wildman–Crippen MR) is 95.9 cm³/mol. The van der Waals surface area contributed by atoms with Crippen molar-refractivity contribution in [2.45, 2.75) is 11.3 Å². The molecule has 0 saturated heterocycles. The number of amides is 1. The Balaban J connectivity index is 1.63. The van der Waals surface area contributed by atoms with E-state index in [-0.39, 0.29) is 5.91 Å². The Morgan fingerprint density at radius 1 is 1.17 bits per heavy atom. The van der Waals surface area contributed by atoms with Crippen LogP contribution in [-0.2, 0) is 11.2 Å². The molecule has 2 heterocycles. The second-order valence-electron chi connectivity index (χ2n) is 4.85. The zero-order valence-corrected chi connectivity index (χ0v) is 14.2. The van der Waals surface area contributed by atoms with Crippen molar-refractivity contribution in [3.63, 3.8) is 0 Å². The van der Waals surface area contributed by atoms with Crippen molar-refractivity contribution >= 4 is 34.1 Å². The predicted octanol–water partition coefficient (Wildman–Crippen LogP) is 4.11. The minimum atomic E-state index is -0.0578. The zero-order valence-electron chi connectivity index (χ0n) is 12.5. The van der Waals surface area contributed by atoms with Crippen molar-refractivity contribution < 1.29 is 4.79 Å². The van der Waals surface area contributed by atoms with Gasteiger partial charge in [0.05, 0.1) is 12.1 Å². The van der Waals surface area contributed by atoms with Crippen LogP contribution in [0.15, 0.2) is 59.1 Å². The van der Waals surface area contributed by atoms with Crippen LogP contribution in [0.2, 0.25) is 0 Å². The van der Waals surface area contributed by atoms with Crippen molar-refractivity contribution in [1.82, 2.24) is 9.97 Å². The number of thioether (sulfide) groups is 1. The average Bonchev–Trinajstić information content (AvgIpc) is 3.04. The molecule has 0 spiro atoms. The lowest BCUT2D eigenvalue weighted by atomic mass is 10.1. The van der Waals surface area contributed by atoms with Gasteiger partial charge in [0.1, 0.15) is 0 Å². The van der Waals surface area contributed by atoms with Crippen LogP contribution in [-0.4, -0.2) is 22.1 Å². The summed E-state index contributed by atoms with van der Waals surface area (Å²) in [4.78, 5) is 21.7. The Morgan fingerprint density at radius 3 is 2.61 bits per heavy atom. The molecule has 3 rings (SSSR count). The molecule has 23 heavy (non-hydrogen) atoms. The molecule has 0 fully saturated rings. The Kier molecular flexibility index (Phi) is 5.05. The quantitative estimate of drug-likeness (QED) is 0.710. The number of nitrogens with zero attached hydrogens (tertiary/aromatic N) is 2. The molecule has 1 aromatic carbocycles. The number of rotatable bonds is 5. The van der Waals surface area contributed by atoms with Gasteiger partial charge in [0, 0.05) is 28.2 Å². The van der Waals surface area contributed by atoms with Gasteiger partial charge in [-0.15, -0.1) is 23.1 Å². The molecular weight excluding hydrogens is 326 g/mol. The van der Waals surface area contributed by atoms with Crippen LogP contribution < -0.4 is 5.32 Å². The van der Waals surface area contributed by atoms with Crippen molar-refractivity contribution in [2.24, 2.45) is 0 Å². The lowest BCUT2D eigenvalue weighted by Gasteiger charge is -2.03. The lowest BCUT2D eigenvalue weighted by molar-refractivity contribution is -0.115. The van der Waals surface area contributed by atoms with Crippen LogP contribution in [0, 0.1) is 0 Å². The molecule has 3 aromatic rings. The molecule has 4 nitrogen and oxygen atoms in total. The molecule has 6 heteroatoms. The molecular formula is C17H15N3OS2. The fourth-order valence-electron chi connectivity index (χ4n) is 2.08. The molecule has 0 aliphatic rings. The van der Waals surface area contributed by atoms with E-state index in [1.54, 1.807) is 24.2 Å². The summed E-state index contributed by atoms with van der Waals surface area (Å²) in [5, 5.41) is 5.40. The van der Waals surface area contributed by atoms with Crippen molar-refractivity contribution in [2.75, 3.05) is 11.6 Å². The number of hydrogen-bond donors (Lipinski definition) is 1. The van der Waals surface area contributed by atoms with Crippen LogP contribution in [0.3, 0.4) is 0 Å². The van der Waals surface area contributed by atoms with Crippen molar-refractivity contribution in [3.05, 3.63) is 59.7 Å². The Labute approximate surface area is 143 Å². The number of anilines is 1. The molecule has 0 bridgehead atoms.